The monoisotopic (exact) mass is 271 g/mol. The normalized spacial score (nSPS) is 19.6. The zero-order valence-corrected chi connectivity index (χ0v) is 11.3. The molecule has 0 radical (unpaired) electrons. The Bertz CT molecular complexity index is 528. The van der Waals surface area contributed by atoms with Crippen LogP contribution in [-0.4, -0.2) is 27.0 Å². The molecule has 0 aliphatic heterocycles. The van der Waals surface area contributed by atoms with Gasteiger partial charge in [0.2, 0.25) is 0 Å². The van der Waals surface area contributed by atoms with E-state index in [1.54, 1.807) is 6.07 Å². The lowest BCUT2D eigenvalue weighted by atomic mass is 9.87. The lowest BCUT2D eigenvalue weighted by Gasteiger charge is -2.26. The molecule has 0 amide bonds. The highest BCUT2D eigenvalue weighted by Crippen LogP contribution is 2.30. The van der Waals surface area contributed by atoms with Crippen LogP contribution in [0.2, 0.25) is 0 Å². The number of hydrogen-bond donors (Lipinski definition) is 1. The van der Waals surface area contributed by atoms with Crippen molar-refractivity contribution in [2.24, 2.45) is 0 Å². The molecule has 1 atom stereocenters. The van der Waals surface area contributed by atoms with Crippen molar-refractivity contribution in [1.29, 1.82) is 0 Å². The van der Waals surface area contributed by atoms with Gasteiger partial charge in [-0.1, -0.05) is 6.07 Å². The molecule has 1 aliphatic rings. The largest absolute Gasteiger partial charge is 0.309 e. The Labute approximate surface area is 107 Å². The van der Waals surface area contributed by atoms with E-state index >= 15 is 0 Å². The molecule has 0 saturated heterocycles. The molecule has 3 nitrogen and oxygen atoms in total. The van der Waals surface area contributed by atoms with E-state index in [9.17, 15) is 12.8 Å². The standard InChI is InChI=1S/C13H18FNO2S/c1-18(16,17)8-7-15-13-4-2-3-10-5-6-11(14)9-12(10)13/h5-6,9,13,15H,2-4,7-8H2,1H3/t13-/m1/s1. The third-order valence-corrected chi connectivity index (χ3v) is 4.23. The molecule has 0 spiro atoms. The first-order chi connectivity index (χ1) is 8.46. The third-order valence-electron chi connectivity index (χ3n) is 3.29. The molecule has 1 N–H and O–H groups in total. The van der Waals surface area contributed by atoms with Crippen LogP contribution < -0.4 is 5.32 Å². The Morgan fingerprint density at radius 2 is 2.22 bits per heavy atom. The first-order valence-corrected chi connectivity index (χ1v) is 8.21. The van der Waals surface area contributed by atoms with E-state index in [-0.39, 0.29) is 17.6 Å². The highest BCUT2D eigenvalue weighted by Gasteiger charge is 2.20. The summed E-state index contributed by atoms with van der Waals surface area (Å²) in [6.45, 7) is 0.416. The highest BCUT2D eigenvalue weighted by atomic mass is 32.2. The van der Waals surface area contributed by atoms with Crippen molar-refractivity contribution >= 4 is 9.84 Å². The minimum Gasteiger partial charge on any atom is -0.309 e. The molecule has 1 aliphatic carbocycles. The van der Waals surface area contributed by atoms with Gasteiger partial charge < -0.3 is 5.32 Å². The lowest BCUT2D eigenvalue weighted by molar-refractivity contribution is 0.467. The molecule has 0 fully saturated rings. The van der Waals surface area contributed by atoms with E-state index < -0.39 is 9.84 Å². The molecule has 100 valence electrons. The summed E-state index contributed by atoms with van der Waals surface area (Å²) in [7, 11) is -2.95. The van der Waals surface area contributed by atoms with Gasteiger partial charge in [0.1, 0.15) is 15.7 Å². The number of fused-ring (bicyclic) bond motifs is 1. The second kappa shape index (κ2) is 5.36. The van der Waals surface area contributed by atoms with E-state index in [1.165, 1.54) is 17.9 Å². The third kappa shape index (κ3) is 3.53. The Morgan fingerprint density at radius 1 is 1.44 bits per heavy atom. The van der Waals surface area contributed by atoms with Crippen LogP contribution in [0.5, 0.6) is 0 Å². The van der Waals surface area contributed by atoms with Gasteiger partial charge in [-0.05, 0) is 42.5 Å². The molecule has 0 bridgehead atoms. The molecule has 5 heteroatoms. The molecule has 0 unspecified atom stereocenters. The molecule has 0 aromatic heterocycles. The summed E-state index contributed by atoms with van der Waals surface area (Å²) < 4.78 is 35.4. The smallest absolute Gasteiger partial charge is 0.148 e. The van der Waals surface area contributed by atoms with Gasteiger partial charge in [-0.3, -0.25) is 0 Å². The van der Waals surface area contributed by atoms with Crippen molar-refractivity contribution in [3.05, 3.63) is 35.1 Å². The van der Waals surface area contributed by atoms with Gasteiger partial charge in [0.15, 0.2) is 0 Å². The van der Waals surface area contributed by atoms with Crippen molar-refractivity contribution in [2.75, 3.05) is 18.6 Å². The second-order valence-electron chi connectivity index (χ2n) is 4.87. The summed E-state index contributed by atoms with van der Waals surface area (Å²) in [6, 6.07) is 4.95. The van der Waals surface area contributed by atoms with Crippen molar-refractivity contribution < 1.29 is 12.8 Å². The molecule has 0 heterocycles. The number of rotatable bonds is 4. The maximum atomic E-state index is 13.3. The van der Waals surface area contributed by atoms with Crippen molar-refractivity contribution in [3.8, 4) is 0 Å². The van der Waals surface area contributed by atoms with Crippen LogP contribution in [0.1, 0.15) is 30.0 Å². The predicted molar refractivity (Wildman–Crippen MR) is 69.8 cm³/mol. The van der Waals surface area contributed by atoms with Crippen LogP contribution in [0.4, 0.5) is 4.39 Å². The first-order valence-electron chi connectivity index (χ1n) is 6.15. The van der Waals surface area contributed by atoms with Crippen LogP contribution in [0.3, 0.4) is 0 Å². The quantitative estimate of drug-likeness (QED) is 0.909. The highest BCUT2D eigenvalue weighted by molar-refractivity contribution is 7.90. The maximum absolute atomic E-state index is 13.3. The first kappa shape index (κ1) is 13.5. The van der Waals surface area contributed by atoms with Gasteiger partial charge in [-0.2, -0.15) is 0 Å². The summed E-state index contributed by atoms with van der Waals surface area (Å²) in [6.07, 6.45) is 4.18. The molecule has 1 aromatic carbocycles. The number of halogens is 1. The van der Waals surface area contributed by atoms with Crippen molar-refractivity contribution in [2.45, 2.75) is 25.3 Å². The maximum Gasteiger partial charge on any atom is 0.148 e. The van der Waals surface area contributed by atoms with Gasteiger partial charge in [0, 0.05) is 18.8 Å². The molecular formula is C13H18FNO2S. The summed E-state index contributed by atoms with van der Waals surface area (Å²) in [5, 5.41) is 3.22. The fourth-order valence-corrected chi connectivity index (χ4v) is 2.89. The summed E-state index contributed by atoms with van der Waals surface area (Å²) >= 11 is 0. The minimum atomic E-state index is -2.95. The number of sulfone groups is 1. The van der Waals surface area contributed by atoms with Gasteiger partial charge in [-0.25, -0.2) is 12.8 Å². The molecule has 18 heavy (non-hydrogen) atoms. The van der Waals surface area contributed by atoms with E-state index in [4.69, 9.17) is 0 Å². The van der Waals surface area contributed by atoms with E-state index in [0.29, 0.717) is 6.54 Å². The zero-order chi connectivity index (χ0) is 13.2. The van der Waals surface area contributed by atoms with E-state index in [1.807, 2.05) is 6.07 Å². The van der Waals surface area contributed by atoms with Gasteiger partial charge in [-0.15, -0.1) is 0 Å². The van der Waals surface area contributed by atoms with Crippen LogP contribution in [0.25, 0.3) is 0 Å². The van der Waals surface area contributed by atoms with Gasteiger partial charge in [0.05, 0.1) is 5.75 Å². The summed E-state index contributed by atoms with van der Waals surface area (Å²) in [5.41, 5.74) is 2.15. The average Bonchev–Trinajstić information content (AvgIpc) is 2.28. The van der Waals surface area contributed by atoms with Crippen molar-refractivity contribution in [1.82, 2.24) is 5.32 Å². The lowest BCUT2D eigenvalue weighted by Crippen LogP contribution is -2.29. The fourth-order valence-electron chi connectivity index (χ4n) is 2.40. The molecular weight excluding hydrogens is 253 g/mol. The number of hydrogen-bond acceptors (Lipinski definition) is 3. The minimum absolute atomic E-state index is 0.0752. The Balaban J connectivity index is 2.05. The fraction of sp³-hybridized carbons (Fsp3) is 0.538. The second-order valence-corrected chi connectivity index (χ2v) is 7.13. The zero-order valence-electron chi connectivity index (χ0n) is 10.4. The molecule has 1 aromatic rings. The topological polar surface area (TPSA) is 46.2 Å². The van der Waals surface area contributed by atoms with Gasteiger partial charge in [0.25, 0.3) is 0 Å². The SMILES string of the molecule is CS(=O)(=O)CCN[C@@H]1CCCc2ccc(F)cc21. The molecule has 2 rings (SSSR count). The van der Waals surface area contributed by atoms with Crippen molar-refractivity contribution in [3.63, 3.8) is 0 Å². The Hall–Kier alpha value is -0.940. The van der Waals surface area contributed by atoms with E-state index in [0.717, 1.165) is 24.8 Å². The van der Waals surface area contributed by atoms with Crippen LogP contribution >= 0.6 is 0 Å². The van der Waals surface area contributed by atoms with Gasteiger partial charge >= 0.3 is 0 Å². The summed E-state index contributed by atoms with van der Waals surface area (Å²) in [5.74, 6) is -0.112. The Kier molecular flexibility index (Phi) is 4.02. The van der Waals surface area contributed by atoms with Crippen LogP contribution in [-0.2, 0) is 16.3 Å². The molecule has 0 saturated carbocycles. The van der Waals surface area contributed by atoms with Crippen LogP contribution in [0.15, 0.2) is 18.2 Å². The Morgan fingerprint density at radius 3 is 2.94 bits per heavy atom. The predicted octanol–water partition coefficient (Wildman–Crippen LogP) is 1.84. The van der Waals surface area contributed by atoms with E-state index in [2.05, 4.69) is 5.32 Å². The number of aryl methyl sites for hydroxylation is 1. The number of nitrogens with one attached hydrogen (secondary N) is 1. The summed E-state index contributed by atoms with van der Waals surface area (Å²) in [4.78, 5) is 0. The number of benzene rings is 1. The average molecular weight is 271 g/mol. The van der Waals surface area contributed by atoms with Crippen LogP contribution in [0, 0.1) is 5.82 Å².